The monoisotopic (exact) mass is 659 g/mol. The van der Waals surface area contributed by atoms with E-state index in [1.165, 1.54) is 25.2 Å². The Morgan fingerprint density at radius 3 is 2.17 bits per heavy atom. The van der Waals surface area contributed by atoms with Gasteiger partial charge in [-0.3, -0.25) is 13.9 Å². The van der Waals surface area contributed by atoms with Gasteiger partial charge in [0, 0.05) is 29.0 Å². The van der Waals surface area contributed by atoms with Gasteiger partial charge >= 0.3 is 0 Å². The minimum atomic E-state index is -3.95. The number of carbonyl (C=O) groups is 2. The summed E-state index contributed by atoms with van der Waals surface area (Å²) in [5, 5.41) is 3.01. The van der Waals surface area contributed by atoms with Gasteiger partial charge in [0.25, 0.3) is 0 Å². The summed E-state index contributed by atoms with van der Waals surface area (Å²) < 4.78 is 38.7. The van der Waals surface area contributed by atoms with E-state index < -0.39 is 34.1 Å². The Bertz CT molecular complexity index is 1490. The van der Waals surface area contributed by atoms with Crippen LogP contribution in [0.4, 0.5) is 5.69 Å². The molecule has 2 amide bonds. The highest BCUT2D eigenvalue weighted by Gasteiger charge is 2.35. The van der Waals surface area contributed by atoms with Crippen molar-refractivity contribution in [3.63, 3.8) is 0 Å². The Labute approximate surface area is 257 Å². The van der Waals surface area contributed by atoms with E-state index in [0.717, 1.165) is 26.2 Å². The Morgan fingerprint density at radius 2 is 1.60 bits per heavy atom. The van der Waals surface area contributed by atoms with Crippen molar-refractivity contribution in [1.29, 1.82) is 0 Å². The van der Waals surface area contributed by atoms with Gasteiger partial charge in [-0.05, 0) is 56.2 Å². The van der Waals surface area contributed by atoms with Crippen LogP contribution in [-0.2, 0) is 32.6 Å². The van der Waals surface area contributed by atoms with Crippen LogP contribution in [0.5, 0.6) is 11.5 Å². The molecule has 0 spiro atoms. The molecule has 0 aliphatic carbocycles. The van der Waals surface area contributed by atoms with E-state index in [4.69, 9.17) is 9.47 Å². The second-order valence-corrected chi connectivity index (χ2v) is 13.7. The van der Waals surface area contributed by atoms with Crippen LogP contribution in [-0.4, -0.2) is 63.7 Å². The molecule has 0 saturated carbocycles. The fourth-order valence-electron chi connectivity index (χ4n) is 4.42. The van der Waals surface area contributed by atoms with Crippen LogP contribution in [0, 0.1) is 0 Å². The SMILES string of the molecule is COc1ccc(N(CC(=O)N(Cc2cccc(Br)c2)[C@H](Cc2ccccc2)C(=O)NC(C)(C)C)S(C)(=O)=O)c(OC)c1. The number of ether oxygens (including phenoxy) is 2. The number of anilines is 1. The van der Waals surface area contributed by atoms with Gasteiger partial charge in [0.05, 0.1) is 26.2 Å². The first kappa shape index (κ1) is 32.9. The van der Waals surface area contributed by atoms with Crippen LogP contribution in [0.15, 0.2) is 77.3 Å². The lowest BCUT2D eigenvalue weighted by Gasteiger charge is -2.35. The number of rotatable bonds is 12. The van der Waals surface area contributed by atoms with Crippen molar-refractivity contribution >= 4 is 43.5 Å². The second-order valence-electron chi connectivity index (χ2n) is 10.9. The Morgan fingerprint density at radius 1 is 0.929 bits per heavy atom. The standard InChI is InChI=1S/C31H38BrN3O6S/c1-31(2,3)33-30(37)27(18-22-11-8-7-9-12-22)34(20-23-13-10-14-24(32)17-23)29(36)21-35(42(6,38)39)26-16-15-25(40-4)19-28(26)41-5/h7-17,19,27H,18,20-21H2,1-6H3,(H,33,37)/t27-/m1/s1. The molecule has 0 fully saturated rings. The first-order valence-electron chi connectivity index (χ1n) is 13.3. The van der Waals surface area contributed by atoms with Crippen molar-refractivity contribution in [2.24, 2.45) is 0 Å². The molecule has 0 bridgehead atoms. The number of nitrogens with one attached hydrogen (secondary N) is 1. The molecule has 0 saturated heterocycles. The van der Waals surface area contributed by atoms with Crippen molar-refractivity contribution in [2.45, 2.75) is 45.3 Å². The summed E-state index contributed by atoms with van der Waals surface area (Å²) >= 11 is 3.48. The molecule has 0 aromatic heterocycles. The molecular formula is C31H38BrN3O6S. The average molecular weight is 661 g/mol. The van der Waals surface area contributed by atoms with E-state index in [2.05, 4.69) is 21.2 Å². The number of carbonyl (C=O) groups excluding carboxylic acids is 2. The molecule has 3 aromatic rings. The fourth-order valence-corrected chi connectivity index (χ4v) is 5.72. The van der Waals surface area contributed by atoms with Gasteiger partial charge in [-0.15, -0.1) is 0 Å². The van der Waals surface area contributed by atoms with Crippen LogP contribution in [0.2, 0.25) is 0 Å². The zero-order valence-electron chi connectivity index (χ0n) is 24.8. The zero-order chi connectivity index (χ0) is 31.1. The van der Waals surface area contributed by atoms with Gasteiger partial charge in [0.2, 0.25) is 21.8 Å². The van der Waals surface area contributed by atoms with Crippen LogP contribution in [0.3, 0.4) is 0 Å². The molecule has 0 aliphatic rings. The number of sulfonamides is 1. The summed E-state index contributed by atoms with van der Waals surface area (Å²) in [6.07, 6.45) is 1.25. The topological polar surface area (TPSA) is 105 Å². The first-order valence-corrected chi connectivity index (χ1v) is 16.0. The van der Waals surface area contributed by atoms with Gasteiger partial charge in [-0.1, -0.05) is 58.4 Å². The first-order chi connectivity index (χ1) is 19.7. The molecule has 1 N–H and O–H groups in total. The van der Waals surface area contributed by atoms with Crippen molar-refractivity contribution in [3.05, 3.63) is 88.4 Å². The highest BCUT2D eigenvalue weighted by atomic mass is 79.9. The minimum absolute atomic E-state index is 0.0741. The van der Waals surface area contributed by atoms with Crippen molar-refractivity contribution < 1.29 is 27.5 Å². The number of methoxy groups -OCH3 is 2. The Kier molecular flexibility index (Phi) is 11.0. The maximum atomic E-state index is 14.2. The molecule has 3 rings (SSSR count). The van der Waals surface area contributed by atoms with E-state index in [-0.39, 0.29) is 30.3 Å². The smallest absolute Gasteiger partial charge is 0.244 e. The quantitative estimate of drug-likeness (QED) is 0.300. The number of halogens is 1. The van der Waals surface area contributed by atoms with Crippen LogP contribution in [0.1, 0.15) is 31.9 Å². The molecule has 0 aliphatic heterocycles. The van der Waals surface area contributed by atoms with Crippen molar-refractivity contribution in [3.8, 4) is 11.5 Å². The number of amides is 2. The van der Waals surface area contributed by atoms with E-state index >= 15 is 0 Å². The van der Waals surface area contributed by atoms with Crippen molar-refractivity contribution in [2.75, 3.05) is 31.3 Å². The van der Waals surface area contributed by atoms with Gasteiger partial charge < -0.3 is 19.7 Å². The molecule has 0 radical (unpaired) electrons. The second kappa shape index (κ2) is 14.1. The molecule has 0 unspecified atom stereocenters. The van der Waals surface area contributed by atoms with E-state index in [1.54, 1.807) is 12.1 Å². The van der Waals surface area contributed by atoms with Gasteiger partial charge in [-0.25, -0.2) is 8.42 Å². The summed E-state index contributed by atoms with van der Waals surface area (Å²) in [6.45, 7) is 5.12. The molecule has 11 heteroatoms. The lowest BCUT2D eigenvalue weighted by molar-refractivity contribution is -0.140. The predicted octanol–water partition coefficient (Wildman–Crippen LogP) is 4.79. The molecular weight excluding hydrogens is 622 g/mol. The highest BCUT2D eigenvalue weighted by Crippen LogP contribution is 2.34. The molecule has 0 heterocycles. The molecule has 226 valence electrons. The third kappa shape index (κ3) is 9.22. The molecule has 1 atom stereocenters. The van der Waals surface area contributed by atoms with Gasteiger partial charge in [0.15, 0.2) is 0 Å². The lowest BCUT2D eigenvalue weighted by Crippen LogP contribution is -2.56. The number of benzene rings is 3. The molecule has 3 aromatic carbocycles. The summed E-state index contributed by atoms with van der Waals surface area (Å²) in [6, 6.07) is 20.6. The highest BCUT2D eigenvalue weighted by molar-refractivity contribution is 9.10. The fraction of sp³-hybridized carbons (Fsp3) is 0.355. The summed E-state index contributed by atoms with van der Waals surface area (Å²) in [4.78, 5) is 29.5. The van der Waals surface area contributed by atoms with E-state index in [9.17, 15) is 18.0 Å². The third-order valence-corrected chi connectivity index (χ3v) is 7.97. The maximum Gasteiger partial charge on any atom is 0.244 e. The maximum absolute atomic E-state index is 14.2. The predicted molar refractivity (Wildman–Crippen MR) is 168 cm³/mol. The average Bonchev–Trinajstić information content (AvgIpc) is 2.92. The van der Waals surface area contributed by atoms with Gasteiger partial charge in [0.1, 0.15) is 24.1 Å². The van der Waals surface area contributed by atoms with Crippen LogP contribution < -0.4 is 19.1 Å². The third-order valence-electron chi connectivity index (χ3n) is 6.35. The minimum Gasteiger partial charge on any atom is -0.497 e. The normalized spacial score (nSPS) is 12.3. The van der Waals surface area contributed by atoms with E-state index in [0.29, 0.717) is 5.75 Å². The van der Waals surface area contributed by atoms with E-state index in [1.807, 2.05) is 75.4 Å². The number of hydrogen-bond acceptors (Lipinski definition) is 6. The summed E-state index contributed by atoms with van der Waals surface area (Å²) in [5.74, 6) is -0.211. The van der Waals surface area contributed by atoms with Crippen molar-refractivity contribution in [1.82, 2.24) is 10.2 Å². The van der Waals surface area contributed by atoms with Crippen LogP contribution >= 0.6 is 15.9 Å². The number of hydrogen-bond donors (Lipinski definition) is 1. The summed E-state index contributed by atoms with van der Waals surface area (Å²) in [5.41, 5.74) is 1.24. The molecule has 42 heavy (non-hydrogen) atoms. The lowest BCUT2D eigenvalue weighted by atomic mass is 10.0. The Hall–Kier alpha value is -3.57. The zero-order valence-corrected chi connectivity index (χ0v) is 27.2. The number of nitrogens with zero attached hydrogens (tertiary/aromatic N) is 2. The molecule has 9 nitrogen and oxygen atoms in total. The summed E-state index contributed by atoms with van der Waals surface area (Å²) in [7, 11) is -1.06. The Balaban J connectivity index is 2.11. The van der Waals surface area contributed by atoms with Gasteiger partial charge in [-0.2, -0.15) is 0 Å². The largest absolute Gasteiger partial charge is 0.497 e. The van der Waals surface area contributed by atoms with Crippen LogP contribution in [0.25, 0.3) is 0 Å².